The third-order valence-electron chi connectivity index (χ3n) is 4.06. The average Bonchev–Trinajstić information content (AvgIpc) is 2.59. The van der Waals surface area contributed by atoms with Gasteiger partial charge in [-0.15, -0.1) is 0 Å². The molecule has 2 amide bonds. The second-order valence-electron chi connectivity index (χ2n) is 6.33. The number of hydrogen-bond acceptors (Lipinski definition) is 3. The van der Waals surface area contributed by atoms with Crippen LogP contribution in [0.4, 0.5) is 11.4 Å². The van der Waals surface area contributed by atoms with E-state index in [0.717, 1.165) is 23.2 Å². The van der Waals surface area contributed by atoms with Crippen LogP contribution in [0.5, 0.6) is 0 Å². The van der Waals surface area contributed by atoms with Gasteiger partial charge in [0, 0.05) is 5.69 Å². The minimum atomic E-state index is -0.301. The summed E-state index contributed by atoms with van der Waals surface area (Å²) in [6.45, 7) is 4.12. The van der Waals surface area contributed by atoms with Crippen LogP contribution in [-0.4, -0.2) is 36.9 Å². The second-order valence-corrected chi connectivity index (χ2v) is 7.14. The van der Waals surface area contributed by atoms with Crippen molar-refractivity contribution in [2.24, 2.45) is 0 Å². The van der Waals surface area contributed by atoms with Gasteiger partial charge >= 0.3 is 0 Å². The quantitative estimate of drug-likeness (QED) is 0.715. The Morgan fingerprint density at radius 2 is 1.44 bits per heavy atom. The van der Waals surface area contributed by atoms with E-state index in [-0.39, 0.29) is 24.9 Å². The lowest BCUT2D eigenvalue weighted by Crippen LogP contribution is -2.36. The van der Waals surface area contributed by atoms with E-state index < -0.39 is 0 Å². The molecule has 2 N–H and O–H groups in total. The molecule has 0 aliphatic heterocycles. The molecule has 2 rings (SSSR count). The number of anilines is 2. The zero-order chi connectivity index (χ0) is 20.0. The summed E-state index contributed by atoms with van der Waals surface area (Å²) in [5.41, 5.74) is 3.30. The molecule has 0 heterocycles. The number of likely N-dealkylation sites (N-methyl/N-ethyl adjacent to an activating group) is 1. The number of hydrogen-bond donors (Lipinski definition) is 2. The molecule has 2 aromatic rings. The van der Waals surface area contributed by atoms with E-state index in [1.165, 1.54) is 0 Å². The lowest BCUT2D eigenvalue weighted by atomic mass is 10.1. The number of carbonyl (C=O) groups excluding carboxylic acids is 2. The Morgan fingerprint density at radius 1 is 0.926 bits per heavy atom. The molecule has 0 spiro atoms. The van der Waals surface area contributed by atoms with Gasteiger partial charge in [-0.2, -0.15) is 0 Å². The van der Waals surface area contributed by atoms with Gasteiger partial charge < -0.3 is 10.6 Å². The Balaban J connectivity index is 1.92. The first-order valence-corrected chi connectivity index (χ1v) is 9.38. The Morgan fingerprint density at radius 3 is 2.00 bits per heavy atom. The van der Waals surface area contributed by atoms with Crippen molar-refractivity contribution in [1.29, 1.82) is 0 Å². The van der Waals surface area contributed by atoms with Gasteiger partial charge in [0.2, 0.25) is 11.8 Å². The molecule has 27 heavy (non-hydrogen) atoms. The first-order chi connectivity index (χ1) is 12.8. The summed E-state index contributed by atoms with van der Waals surface area (Å²) in [5, 5.41) is 6.36. The summed E-state index contributed by atoms with van der Waals surface area (Å²) >= 11 is 12.1. The molecule has 144 valence electrons. The van der Waals surface area contributed by atoms with Crippen molar-refractivity contribution in [3.63, 3.8) is 0 Å². The Bertz CT molecular complexity index is 820. The summed E-state index contributed by atoms with van der Waals surface area (Å²) in [5.74, 6) is -0.476. The van der Waals surface area contributed by atoms with Crippen LogP contribution < -0.4 is 10.6 Å². The fourth-order valence-electron chi connectivity index (χ4n) is 2.72. The van der Waals surface area contributed by atoms with E-state index >= 15 is 0 Å². The average molecular weight is 408 g/mol. The van der Waals surface area contributed by atoms with E-state index in [0.29, 0.717) is 15.7 Å². The zero-order valence-corrected chi connectivity index (χ0v) is 17.1. The highest BCUT2D eigenvalue weighted by Crippen LogP contribution is 2.29. The van der Waals surface area contributed by atoms with E-state index in [1.54, 1.807) is 30.1 Å². The van der Waals surface area contributed by atoms with Crippen molar-refractivity contribution in [1.82, 2.24) is 4.90 Å². The Hall–Kier alpha value is -2.08. The predicted octanol–water partition coefficient (Wildman–Crippen LogP) is 4.37. The van der Waals surface area contributed by atoms with Gasteiger partial charge in [0.25, 0.3) is 0 Å². The number of carbonyl (C=O) groups is 2. The van der Waals surface area contributed by atoms with Crippen LogP contribution in [0.15, 0.2) is 36.4 Å². The largest absolute Gasteiger partial charge is 0.324 e. The van der Waals surface area contributed by atoms with Crippen molar-refractivity contribution in [2.75, 3.05) is 30.8 Å². The van der Waals surface area contributed by atoms with Gasteiger partial charge in [0.15, 0.2) is 0 Å². The topological polar surface area (TPSA) is 61.4 Å². The smallest absolute Gasteiger partial charge is 0.238 e. The Kier molecular flexibility index (Phi) is 7.66. The van der Waals surface area contributed by atoms with Crippen LogP contribution in [-0.2, 0) is 16.0 Å². The first-order valence-electron chi connectivity index (χ1n) is 8.62. The normalized spacial score (nSPS) is 10.7. The monoisotopic (exact) mass is 407 g/mol. The summed E-state index contributed by atoms with van der Waals surface area (Å²) in [4.78, 5) is 26.2. The van der Waals surface area contributed by atoms with Crippen LogP contribution in [0.2, 0.25) is 10.0 Å². The molecule has 0 saturated carbocycles. The fourth-order valence-corrected chi connectivity index (χ4v) is 3.22. The molecule has 2 aromatic carbocycles. The number of aryl methyl sites for hydroxylation is 2. The number of rotatable bonds is 7. The van der Waals surface area contributed by atoms with Gasteiger partial charge in [0.05, 0.1) is 28.8 Å². The molecule has 0 aliphatic rings. The van der Waals surface area contributed by atoms with Crippen LogP contribution in [0, 0.1) is 6.92 Å². The molecule has 0 aliphatic carbocycles. The number of halogens is 2. The van der Waals surface area contributed by atoms with Crippen LogP contribution in [0.3, 0.4) is 0 Å². The minimum absolute atomic E-state index is 0.0311. The maximum Gasteiger partial charge on any atom is 0.238 e. The molecule has 0 unspecified atom stereocenters. The Labute approximate surface area is 169 Å². The molecule has 0 radical (unpaired) electrons. The highest BCUT2D eigenvalue weighted by molar-refractivity contribution is 6.39. The van der Waals surface area contributed by atoms with Crippen LogP contribution in [0.25, 0.3) is 0 Å². The van der Waals surface area contributed by atoms with E-state index in [1.807, 2.05) is 32.0 Å². The van der Waals surface area contributed by atoms with Crippen LogP contribution in [0.1, 0.15) is 18.1 Å². The van der Waals surface area contributed by atoms with Crippen LogP contribution >= 0.6 is 23.2 Å². The molecular formula is C20H23Cl2N3O2. The maximum absolute atomic E-state index is 12.4. The number of benzene rings is 2. The maximum atomic E-state index is 12.4. The summed E-state index contributed by atoms with van der Waals surface area (Å²) in [6, 6.07) is 10.9. The lowest BCUT2D eigenvalue weighted by Gasteiger charge is -2.18. The standard InChI is InChI=1S/C20H23Cl2N3O2/c1-4-14-8-5-7-13(2)19(14)23-17(26)11-25(3)12-18(27)24-20-15(21)9-6-10-16(20)22/h5-10H,4,11-12H2,1-3H3,(H,23,26)(H,24,27). The van der Waals surface area contributed by atoms with Gasteiger partial charge in [-0.25, -0.2) is 0 Å². The third kappa shape index (κ3) is 5.96. The number of amides is 2. The SMILES string of the molecule is CCc1cccc(C)c1NC(=O)CN(C)CC(=O)Nc1c(Cl)cccc1Cl. The predicted molar refractivity (Wildman–Crippen MR) is 112 cm³/mol. The van der Waals surface area contributed by atoms with Crippen molar-refractivity contribution in [2.45, 2.75) is 20.3 Å². The van der Waals surface area contributed by atoms with Gasteiger partial charge in [0.1, 0.15) is 0 Å². The molecular weight excluding hydrogens is 385 g/mol. The number of nitrogens with one attached hydrogen (secondary N) is 2. The molecule has 0 aromatic heterocycles. The number of nitrogens with zero attached hydrogens (tertiary/aromatic N) is 1. The zero-order valence-electron chi connectivity index (χ0n) is 15.6. The second kappa shape index (κ2) is 9.74. The fraction of sp³-hybridized carbons (Fsp3) is 0.300. The van der Waals surface area contributed by atoms with Crippen molar-refractivity contribution in [3.05, 3.63) is 57.6 Å². The van der Waals surface area contributed by atoms with Crippen molar-refractivity contribution >= 4 is 46.4 Å². The third-order valence-corrected chi connectivity index (χ3v) is 4.69. The highest BCUT2D eigenvalue weighted by Gasteiger charge is 2.15. The minimum Gasteiger partial charge on any atom is -0.324 e. The van der Waals surface area contributed by atoms with E-state index in [9.17, 15) is 9.59 Å². The van der Waals surface area contributed by atoms with Crippen molar-refractivity contribution < 1.29 is 9.59 Å². The van der Waals surface area contributed by atoms with Gasteiger partial charge in [-0.1, -0.05) is 54.4 Å². The summed E-state index contributed by atoms with van der Waals surface area (Å²) in [6.07, 6.45) is 0.828. The van der Waals surface area contributed by atoms with E-state index in [2.05, 4.69) is 10.6 Å². The molecule has 0 atom stereocenters. The van der Waals surface area contributed by atoms with Gasteiger partial charge in [-0.3, -0.25) is 14.5 Å². The summed E-state index contributed by atoms with van der Waals surface area (Å²) < 4.78 is 0. The number of para-hydroxylation sites is 2. The van der Waals surface area contributed by atoms with E-state index in [4.69, 9.17) is 23.2 Å². The molecule has 0 saturated heterocycles. The molecule has 0 bridgehead atoms. The molecule has 5 nitrogen and oxygen atoms in total. The molecule has 7 heteroatoms. The lowest BCUT2D eigenvalue weighted by molar-refractivity contribution is -0.119. The molecule has 0 fully saturated rings. The summed E-state index contributed by atoms with van der Waals surface area (Å²) in [7, 11) is 1.70. The van der Waals surface area contributed by atoms with Gasteiger partial charge in [-0.05, 0) is 43.7 Å². The first kappa shape index (κ1) is 21.2. The van der Waals surface area contributed by atoms with Crippen molar-refractivity contribution in [3.8, 4) is 0 Å². The highest BCUT2D eigenvalue weighted by atomic mass is 35.5.